The minimum absolute atomic E-state index is 0.327. The van der Waals surface area contributed by atoms with Crippen LogP contribution in [-0.4, -0.2) is 30.6 Å². The molecule has 166 valence electrons. The predicted octanol–water partition coefficient (Wildman–Crippen LogP) is 6.61. The van der Waals surface area contributed by atoms with Crippen molar-refractivity contribution in [3.63, 3.8) is 0 Å². The van der Waals surface area contributed by atoms with Gasteiger partial charge in [0.25, 0.3) is 0 Å². The molecular formula is C24H47NO2S. The summed E-state index contributed by atoms with van der Waals surface area (Å²) in [5, 5.41) is 0. The Labute approximate surface area is 179 Å². The monoisotopic (exact) mass is 413 g/mol. The Morgan fingerprint density at radius 1 is 0.964 bits per heavy atom. The van der Waals surface area contributed by atoms with E-state index < -0.39 is 6.04 Å². The average molecular weight is 414 g/mol. The van der Waals surface area contributed by atoms with Crippen molar-refractivity contribution in [3.05, 3.63) is 11.6 Å². The van der Waals surface area contributed by atoms with Crippen LogP contribution in [0.2, 0.25) is 0 Å². The van der Waals surface area contributed by atoms with E-state index in [0.717, 1.165) is 23.5 Å². The molecule has 0 aromatic rings. The molecule has 0 aliphatic rings. The van der Waals surface area contributed by atoms with Gasteiger partial charge >= 0.3 is 5.97 Å². The van der Waals surface area contributed by atoms with Gasteiger partial charge in [0.15, 0.2) is 0 Å². The summed E-state index contributed by atoms with van der Waals surface area (Å²) in [4.78, 5) is 11.3. The molecule has 0 amide bonds. The standard InChI is InChI=1S/C24H47NO2S/c1-19(2)10-7-11-20(3)12-8-13-21(4)14-9-15-22(5)16-17-28-18-23(25)24(26)27-6/h16,19-21,23H,7-15,17-18,25H2,1-6H3/b22-16+. The summed E-state index contributed by atoms with van der Waals surface area (Å²) in [6.45, 7) is 11.7. The summed E-state index contributed by atoms with van der Waals surface area (Å²) in [6.07, 6.45) is 14.4. The molecule has 0 aliphatic carbocycles. The molecule has 0 heterocycles. The molecule has 0 saturated carbocycles. The van der Waals surface area contributed by atoms with Crippen LogP contribution in [0.3, 0.4) is 0 Å². The van der Waals surface area contributed by atoms with E-state index in [4.69, 9.17) is 5.73 Å². The van der Waals surface area contributed by atoms with Gasteiger partial charge < -0.3 is 10.5 Å². The number of allylic oxidation sites excluding steroid dienone is 1. The first kappa shape index (κ1) is 27.5. The van der Waals surface area contributed by atoms with E-state index in [0.29, 0.717) is 5.75 Å². The van der Waals surface area contributed by atoms with Crippen LogP contribution in [0.1, 0.15) is 92.4 Å². The van der Waals surface area contributed by atoms with Crippen molar-refractivity contribution in [1.29, 1.82) is 0 Å². The molecule has 0 aliphatic heterocycles. The van der Waals surface area contributed by atoms with E-state index in [-0.39, 0.29) is 5.97 Å². The smallest absolute Gasteiger partial charge is 0.323 e. The van der Waals surface area contributed by atoms with Crippen LogP contribution in [0, 0.1) is 17.8 Å². The molecule has 3 nitrogen and oxygen atoms in total. The van der Waals surface area contributed by atoms with Crippen LogP contribution in [0.15, 0.2) is 11.6 Å². The zero-order valence-corrected chi connectivity index (χ0v) is 20.3. The maximum absolute atomic E-state index is 11.3. The van der Waals surface area contributed by atoms with Gasteiger partial charge in [0.05, 0.1) is 7.11 Å². The van der Waals surface area contributed by atoms with Crippen LogP contribution in [0.25, 0.3) is 0 Å². The Bertz CT molecular complexity index is 423. The highest BCUT2D eigenvalue weighted by Crippen LogP contribution is 2.22. The molecule has 2 N–H and O–H groups in total. The normalized spacial score (nSPS) is 15.5. The van der Waals surface area contributed by atoms with Gasteiger partial charge in [0.1, 0.15) is 6.04 Å². The van der Waals surface area contributed by atoms with Gasteiger partial charge in [-0.05, 0) is 37.5 Å². The number of nitrogens with two attached hydrogens (primary N) is 1. The van der Waals surface area contributed by atoms with Crippen molar-refractivity contribution in [3.8, 4) is 0 Å². The van der Waals surface area contributed by atoms with Crippen molar-refractivity contribution in [2.75, 3.05) is 18.6 Å². The Morgan fingerprint density at radius 3 is 2.04 bits per heavy atom. The van der Waals surface area contributed by atoms with Crippen molar-refractivity contribution < 1.29 is 9.53 Å². The van der Waals surface area contributed by atoms with E-state index in [2.05, 4.69) is 45.4 Å². The molecule has 0 bridgehead atoms. The van der Waals surface area contributed by atoms with E-state index in [1.54, 1.807) is 11.8 Å². The van der Waals surface area contributed by atoms with E-state index in [1.165, 1.54) is 70.5 Å². The predicted molar refractivity (Wildman–Crippen MR) is 126 cm³/mol. The fourth-order valence-corrected chi connectivity index (χ4v) is 4.35. The number of rotatable bonds is 17. The number of esters is 1. The van der Waals surface area contributed by atoms with Crippen LogP contribution >= 0.6 is 11.8 Å². The third-order valence-electron chi connectivity index (χ3n) is 5.49. The lowest BCUT2D eigenvalue weighted by Gasteiger charge is -2.15. The summed E-state index contributed by atoms with van der Waals surface area (Å²) < 4.78 is 4.64. The highest BCUT2D eigenvalue weighted by Gasteiger charge is 2.12. The zero-order valence-electron chi connectivity index (χ0n) is 19.5. The Balaban J connectivity index is 3.70. The third kappa shape index (κ3) is 16.5. The Kier molecular flexibility index (Phi) is 17.1. The maximum atomic E-state index is 11.3. The number of thioether (sulfide) groups is 1. The molecule has 0 saturated heterocycles. The summed E-state index contributed by atoms with van der Waals surface area (Å²) in [5.74, 6) is 3.78. The highest BCUT2D eigenvalue weighted by atomic mass is 32.2. The summed E-state index contributed by atoms with van der Waals surface area (Å²) in [7, 11) is 1.38. The minimum atomic E-state index is -0.512. The van der Waals surface area contributed by atoms with Gasteiger partial charge in [-0.15, -0.1) is 0 Å². The molecule has 0 radical (unpaired) electrons. The van der Waals surface area contributed by atoms with Crippen LogP contribution in [0.5, 0.6) is 0 Å². The quantitative estimate of drug-likeness (QED) is 0.166. The fraction of sp³-hybridized carbons (Fsp3) is 0.875. The molecule has 4 heteroatoms. The van der Waals surface area contributed by atoms with Crippen molar-refractivity contribution in [2.24, 2.45) is 23.5 Å². The molecule has 0 aromatic heterocycles. The van der Waals surface area contributed by atoms with Crippen molar-refractivity contribution in [2.45, 2.75) is 98.4 Å². The largest absolute Gasteiger partial charge is 0.468 e. The topological polar surface area (TPSA) is 52.3 Å². The second kappa shape index (κ2) is 17.4. The molecule has 0 spiro atoms. The van der Waals surface area contributed by atoms with E-state index in [9.17, 15) is 4.79 Å². The summed E-state index contributed by atoms with van der Waals surface area (Å²) in [5.41, 5.74) is 7.19. The molecular weight excluding hydrogens is 366 g/mol. The first-order valence-electron chi connectivity index (χ1n) is 11.3. The SMILES string of the molecule is COC(=O)C(N)CSC/C=C(\C)CCCC(C)CCCC(C)CCCC(C)C. The molecule has 0 aromatic carbocycles. The highest BCUT2D eigenvalue weighted by molar-refractivity contribution is 7.99. The van der Waals surface area contributed by atoms with Gasteiger partial charge in [-0.3, -0.25) is 4.79 Å². The minimum Gasteiger partial charge on any atom is -0.468 e. The lowest BCUT2D eigenvalue weighted by atomic mass is 9.91. The van der Waals surface area contributed by atoms with Gasteiger partial charge in [-0.2, -0.15) is 11.8 Å². The lowest BCUT2D eigenvalue weighted by Crippen LogP contribution is -2.33. The van der Waals surface area contributed by atoms with Crippen LogP contribution in [0.4, 0.5) is 0 Å². The lowest BCUT2D eigenvalue weighted by molar-refractivity contribution is -0.141. The Morgan fingerprint density at radius 2 is 1.50 bits per heavy atom. The fourth-order valence-electron chi connectivity index (χ4n) is 3.43. The van der Waals surface area contributed by atoms with Gasteiger partial charge in [-0.1, -0.05) is 84.3 Å². The number of carbonyl (C=O) groups excluding carboxylic acids is 1. The number of hydrogen-bond acceptors (Lipinski definition) is 4. The number of carbonyl (C=O) groups is 1. The average Bonchev–Trinajstić information content (AvgIpc) is 2.64. The third-order valence-corrected chi connectivity index (χ3v) is 6.49. The van der Waals surface area contributed by atoms with Crippen LogP contribution < -0.4 is 5.73 Å². The number of hydrogen-bond donors (Lipinski definition) is 1. The second-order valence-corrected chi connectivity index (χ2v) is 10.2. The van der Waals surface area contributed by atoms with Crippen molar-refractivity contribution in [1.82, 2.24) is 0 Å². The Hall–Kier alpha value is -0.480. The molecule has 3 unspecified atom stereocenters. The van der Waals surface area contributed by atoms with E-state index in [1.807, 2.05) is 0 Å². The maximum Gasteiger partial charge on any atom is 0.323 e. The number of methoxy groups -OCH3 is 1. The molecule has 3 atom stereocenters. The summed E-state index contributed by atoms with van der Waals surface area (Å²) in [6, 6.07) is -0.512. The van der Waals surface area contributed by atoms with E-state index >= 15 is 0 Å². The van der Waals surface area contributed by atoms with Crippen LogP contribution in [-0.2, 0) is 9.53 Å². The molecule has 0 rings (SSSR count). The van der Waals surface area contributed by atoms with Gasteiger partial charge in [0, 0.05) is 11.5 Å². The first-order chi connectivity index (χ1) is 13.3. The van der Waals surface area contributed by atoms with Crippen molar-refractivity contribution >= 4 is 17.7 Å². The van der Waals surface area contributed by atoms with Gasteiger partial charge in [-0.25, -0.2) is 0 Å². The molecule has 28 heavy (non-hydrogen) atoms. The second-order valence-electron chi connectivity index (χ2n) is 9.08. The zero-order chi connectivity index (χ0) is 21.4. The molecule has 0 fully saturated rings. The first-order valence-corrected chi connectivity index (χ1v) is 12.5. The number of ether oxygens (including phenoxy) is 1. The van der Waals surface area contributed by atoms with Gasteiger partial charge in [0.2, 0.25) is 0 Å². The summed E-state index contributed by atoms with van der Waals surface area (Å²) >= 11 is 1.69.